The minimum atomic E-state index is -0.755. The van der Waals surface area contributed by atoms with E-state index in [0.29, 0.717) is 28.1 Å². The lowest BCUT2D eigenvalue weighted by atomic mass is 9.35. The molecule has 10 atom stereocenters. The fraction of sp³-hybridized carbons (Fsp3) is 1.00. The van der Waals surface area contributed by atoms with Crippen LogP contribution in [0.4, 0.5) is 0 Å². The molecule has 190 valence electrons. The van der Waals surface area contributed by atoms with Crippen LogP contribution in [0.5, 0.6) is 0 Å². The second-order valence-electron chi connectivity index (χ2n) is 15.3. The molecule has 5 rings (SSSR count). The van der Waals surface area contributed by atoms with Gasteiger partial charge in [-0.3, -0.25) is 0 Å². The molecule has 0 unspecified atom stereocenters. The first kappa shape index (κ1) is 24.6. The summed E-state index contributed by atoms with van der Waals surface area (Å²) in [6.07, 6.45) is 11.9. The van der Waals surface area contributed by atoms with Gasteiger partial charge in [0.05, 0.1) is 23.4 Å². The van der Waals surface area contributed by atoms with Crippen molar-refractivity contribution in [1.82, 2.24) is 0 Å². The van der Waals surface area contributed by atoms with E-state index in [9.17, 15) is 10.2 Å². The number of hydrogen-bond acceptors (Lipinski definition) is 3. The van der Waals surface area contributed by atoms with Crippen molar-refractivity contribution in [3.05, 3.63) is 0 Å². The van der Waals surface area contributed by atoms with Crippen molar-refractivity contribution in [2.24, 2.45) is 45.3 Å². The van der Waals surface area contributed by atoms with Crippen molar-refractivity contribution in [1.29, 1.82) is 0 Å². The highest BCUT2D eigenvalue weighted by molar-refractivity contribution is 5.18. The molecule has 0 spiro atoms. The maximum atomic E-state index is 10.9. The Hall–Kier alpha value is -0.120. The number of fused-ring (bicyclic) bond motifs is 5. The molecule has 1 saturated heterocycles. The van der Waals surface area contributed by atoms with Crippen LogP contribution < -0.4 is 0 Å². The first-order valence-electron chi connectivity index (χ1n) is 14.2. The molecule has 1 aliphatic heterocycles. The molecule has 0 aromatic rings. The highest BCUT2D eigenvalue weighted by atomic mass is 16.5. The van der Waals surface area contributed by atoms with E-state index in [1.54, 1.807) is 0 Å². The molecule has 33 heavy (non-hydrogen) atoms. The van der Waals surface area contributed by atoms with E-state index in [2.05, 4.69) is 41.5 Å². The number of aliphatic hydroxyl groups excluding tert-OH is 1. The van der Waals surface area contributed by atoms with Gasteiger partial charge in [0.25, 0.3) is 0 Å². The van der Waals surface area contributed by atoms with Gasteiger partial charge in [-0.05, 0) is 130 Å². The van der Waals surface area contributed by atoms with Crippen LogP contribution >= 0.6 is 0 Å². The summed E-state index contributed by atoms with van der Waals surface area (Å²) in [5.41, 5.74) is 0.277. The molecule has 0 aromatic carbocycles. The summed E-state index contributed by atoms with van der Waals surface area (Å²) in [5.74, 6) is 2.73. The van der Waals surface area contributed by atoms with E-state index in [4.69, 9.17) is 4.74 Å². The second kappa shape index (κ2) is 7.22. The van der Waals surface area contributed by atoms with Gasteiger partial charge in [0.2, 0.25) is 0 Å². The SMILES string of the molecule is CC(C)(O)[C@H]1CC[C@@](C)([C@H]2CC[C@]3(C)[C@@H]2CC[C@@H]2[C@@]4(C)CC[C@@H](O)C(C)(C)[C@H]4CC[C@]23C)O1. The molecule has 1 heterocycles. The molecule has 4 saturated carbocycles. The number of aliphatic hydroxyl groups is 2. The fourth-order valence-electron chi connectivity index (χ4n) is 11.1. The quantitative estimate of drug-likeness (QED) is 0.480. The standard InChI is InChI=1S/C30H52O3/c1-25(2)21-12-17-29(7)22(27(21,5)15-13-23(25)31)10-9-19-20(11-16-28(19,29)6)30(8)18-14-24(33-30)26(3,4)32/h19-24,31-32H,9-18H2,1-8H3/t19-,20+,21-,22-,23-,24-,27+,28-,29-,30+/m1/s1. The molecule has 4 aliphatic carbocycles. The van der Waals surface area contributed by atoms with Crippen LogP contribution in [-0.2, 0) is 4.74 Å². The Morgan fingerprint density at radius 1 is 0.697 bits per heavy atom. The predicted octanol–water partition coefficient (Wildman–Crippen LogP) is 6.74. The van der Waals surface area contributed by atoms with Gasteiger partial charge >= 0.3 is 0 Å². The first-order valence-corrected chi connectivity index (χ1v) is 14.2. The molecule has 0 amide bonds. The van der Waals surface area contributed by atoms with E-state index in [1.165, 1.54) is 44.9 Å². The van der Waals surface area contributed by atoms with Crippen LogP contribution in [0.3, 0.4) is 0 Å². The fourth-order valence-corrected chi connectivity index (χ4v) is 11.1. The topological polar surface area (TPSA) is 49.7 Å². The molecule has 3 heteroatoms. The van der Waals surface area contributed by atoms with Gasteiger partial charge in [-0.2, -0.15) is 0 Å². The summed E-state index contributed by atoms with van der Waals surface area (Å²) in [6.45, 7) is 18.8. The van der Waals surface area contributed by atoms with Crippen molar-refractivity contribution in [2.45, 2.75) is 143 Å². The third-order valence-corrected chi connectivity index (χ3v) is 13.3. The Bertz CT molecular complexity index is 784. The number of rotatable bonds is 2. The maximum Gasteiger partial charge on any atom is 0.0865 e. The van der Waals surface area contributed by atoms with Crippen molar-refractivity contribution in [3.63, 3.8) is 0 Å². The van der Waals surface area contributed by atoms with Gasteiger partial charge in [-0.25, -0.2) is 0 Å². The van der Waals surface area contributed by atoms with E-state index < -0.39 is 5.60 Å². The van der Waals surface area contributed by atoms with E-state index in [1.807, 2.05) is 13.8 Å². The van der Waals surface area contributed by atoms with Crippen LogP contribution in [0, 0.1) is 45.3 Å². The average Bonchev–Trinajstić information content (AvgIpc) is 3.27. The molecule has 5 aliphatic rings. The minimum Gasteiger partial charge on any atom is -0.393 e. The van der Waals surface area contributed by atoms with Gasteiger partial charge in [0.1, 0.15) is 0 Å². The Kier molecular flexibility index (Phi) is 5.38. The summed E-state index contributed by atoms with van der Waals surface area (Å²) in [5, 5.41) is 21.5. The van der Waals surface area contributed by atoms with Crippen molar-refractivity contribution in [2.75, 3.05) is 0 Å². The second-order valence-corrected chi connectivity index (χ2v) is 15.3. The molecule has 0 aromatic heterocycles. The minimum absolute atomic E-state index is 0.0293. The first-order chi connectivity index (χ1) is 15.1. The van der Waals surface area contributed by atoms with Crippen molar-refractivity contribution in [3.8, 4) is 0 Å². The number of hydrogen-bond donors (Lipinski definition) is 2. The monoisotopic (exact) mass is 460 g/mol. The van der Waals surface area contributed by atoms with Crippen LogP contribution in [-0.4, -0.2) is 33.6 Å². The van der Waals surface area contributed by atoms with Gasteiger partial charge in [-0.1, -0.05) is 34.6 Å². The summed E-state index contributed by atoms with van der Waals surface area (Å²) in [6, 6.07) is 0. The van der Waals surface area contributed by atoms with Crippen LogP contribution in [0.25, 0.3) is 0 Å². The summed E-state index contributed by atoms with van der Waals surface area (Å²) in [7, 11) is 0. The molecule has 3 nitrogen and oxygen atoms in total. The summed E-state index contributed by atoms with van der Waals surface area (Å²) >= 11 is 0. The Labute approximate surface area is 203 Å². The van der Waals surface area contributed by atoms with Crippen molar-refractivity contribution >= 4 is 0 Å². The van der Waals surface area contributed by atoms with E-state index >= 15 is 0 Å². The van der Waals surface area contributed by atoms with Gasteiger partial charge in [0.15, 0.2) is 0 Å². The molecular formula is C30H52O3. The lowest BCUT2D eigenvalue weighted by Crippen LogP contribution is -2.64. The van der Waals surface area contributed by atoms with Crippen LogP contribution in [0.15, 0.2) is 0 Å². The Balaban J connectivity index is 1.44. The summed E-state index contributed by atoms with van der Waals surface area (Å²) in [4.78, 5) is 0. The largest absolute Gasteiger partial charge is 0.393 e. The lowest BCUT2D eigenvalue weighted by molar-refractivity contribution is -0.227. The maximum absolute atomic E-state index is 10.9. The third kappa shape index (κ3) is 3.16. The van der Waals surface area contributed by atoms with Gasteiger partial charge in [-0.15, -0.1) is 0 Å². The molecule has 0 bridgehead atoms. The molecule has 5 fully saturated rings. The molecule has 2 N–H and O–H groups in total. The van der Waals surface area contributed by atoms with E-state index in [0.717, 1.165) is 31.1 Å². The normalized spacial score (nSPS) is 56.2. The van der Waals surface area contributed by atoms with Gasteiger partial charge in [0, 0.05) is 0 Å². The lowest BCUT2D eigenvalue weighted by Gasteiger charge is -2.70. The summed E-state index contributed by atoms with van der Waals surface area (Å²) < 4.78 is 6.73. The molecule has 0 radical (unpaired) electrons. The highest BCUT2D eigenvalue weighted by Gasteiger charge is 2.70. The van der Waals surface area contributed by atoms with E-state index in [-0.39, 0.29) is 23.2 Å². The van der Waals surface area contributed by atoms with Crippen molar-refractivity contribution < 1.29 is 14.9 Å². The zero-order chi connectivity index (χ0) is 24.2. The Morgan fingerprint density at radius 3 is 2.00 bits per heavy atom. The van der Waals surface area contributed by atoms with Gasteiger partial charge < -0.3 is 14.9 Å². The Morgan fingerprint density at radius 2 is 1.36 bits per heavy atom. The highest BCUT2D eigenvalue weighted by Crippen LogP contribution is 2.76. The third-order valence-electron chi connectivity index (χ3n) is 13.3. The predicted molar refractivity (Wildman–Crippen MR) is 134 cm³/mol. The average molecular weight is 461 g/mol. The van der Waals surface area contributed by atoms with Crippen LogP contribution in [0.1, 0.15) is 120 Å². The zero-order valence-corrected chi connectivity index (χ0v) is 22.8. The molecular weight excluding hydrogens is 408 g/mol. The smallest absolute Gasteiger partial charge is 0.0865 e. The zero-order valence-electron chi connectivity index (χ0n) is 22.8. The number of ether oxygens (including phenoxy) is 1. The van der Waals surface area contributed by atoms with Crippen LogP contribution in [0.2, 0.25) is 0 Å².